The van der Waals surface area contributed by atoms with Crippen LogP contribution in [0.5, 0.6) is 5.75 Å². The number of nitrogens with zero attached hydrogens (tertiary/aromatic N) is 1. The van der Waals surface area contributed by atoms with Crippen LogP contribution in [-0.4, -0.2) is 29.9 Å². The zero-order chi connectivity index (χ0) is 18.9. The van der Waals surface area contributed by atoms with Crippen LogP contribution in [-0.2, 0) is 6.18 Å². The molecule has 2 aromatic rings. The summed E-state index contributed by atoms with van der Waals surface area (Å²) in [6, 6.07) is 9.85. The minimum atomic E-state index is -4.47. The molecular weight excluding hydrogens is 415 g/mol. The van der Waals surface area contributed by atoms with E-state index < -0.39 is 11.7 Å². The quantitative estimate of drug-likeness (QED) is 0.520. The Hall–Kier alpha value is -2.35. The van der Waals surface area contributed by atoms with Gasteiger partial charge in [-0.25, -0.2) is 0 Å². The van der Waals surface area contributed by atoms with E-state index in [2.05, 4.69) is 15.9 Å². The molecule has 8 heteroatoms. The van der Waals surface area contributed by atoms with E-state index >= 15 is 0 Å². The monoisotopic (exact) mass is 427 g/mol. The molecule has 2 amide bonds. The van der Waals surface area contributed by atoms with Crippen LogP contribution in [0.15, 0.2) is 46.9 Å². The molecule has 0 radical (unpaired) electrons. The summed E-state index contributed by atoms with van der Waals surface area (Å²) in [4.78, 5) is 25.5. The highest BCUT2D eigenvalue weighted by Gasteiger charge is 2.34. The second kappa shape index (κ2) is 7.11. The Morgan fingerprint density at radius 3 is 2.19 bits per heavy atom. The van der Waals surface area contributed by atoms with Gasteiger partial charge in [-0.2, -0.15) is 13.2 Å². The topological polar surface area (TPSA) is 46.6 Å². The van der Waals surface area contributed by atoms with Gasteiger partial charge < -0.3 is 4.74 Å². The number of benzene rings is 2. The highest BCUT2D eigenvalue weighted by Crippen LogP contribution is 2.34. The number of hydrogen-bond donors (Lipinski definition) is 0. The summed E-state index contributed by atoms with van der Waals surface area (Å²) in [6.45, 7) is 0.202. The first-order chi connectivity index (χ1) is 12.3. The fourth-order valence-corrected chi connectivity index (χ4v) is 3.14. The van der Waals surface area contributed by atoms with Gasteiger partial charge in [-0.1, -0.05) is 28.1 Å². The van der Waals surface area contributed by atoms with Crippen molar-refractivity contribution in [3.63, 3.8) is 0 Å². The van der Waals surface area contributed by atoms with E-state index in [1.54, 1.807) is 24.3 Å². The highest BCUT2D eigenvalue weighted by atomic mass is 79.9. The van der Waals surface area contributed by atoms with E-state index in [9.17, 15) is 22.8 Å². The average Bonchev–Trinajstić information content (AvgIpc) is 2.82. The molecule has 3 rings (SSSR count). The molecule has 0 unspecified atom stereocenters. The molecule has 0 aromatic heterocycles. The molecule has 0 fully saturated rings. The lowest BCUT2D eigenvalue weighted by Crippen LogP contribution is -2.31. The van der Waals surface area contributed by atoms with Crippen molar-refractivity contribution in [3.05, 3.63) is 63.6 Å². The Balaban J connectivity index is 1.58. The van der Waals surface area contributed by atoms with Crippen molar-refractivity contribution in [3.8, 4) is 5.75 Å². The molecule has 26 heavy (non-hydrogen) atoms. The molecule has 0 aliphatic carbocycles. The number of carbonyl (C=O) groups excluding carboxylic acids is 2. The normalized spacial score (nSPS) is 13.9. The lowest BCUT2D eigenvalue weighted by Gasteiger charge is -2.15. The molecule has 1 aliphatic heterocycles. The van der Waals surface area contributed by atoms with Crippen molar-refractivity contribution in [2.75, 3.05) is 13.2 Å². The number of imide groups is 1. The van der Waals surface area contributed by atoms with Gasteiger partial charge in [-0.3, -0.25) is 14.5 Å². The molecule has 1 heterocycles. The van der Waals surface area contributed by atoms with E-state index in [1.807, 2.05) is 0 Å². The van der Waals surface area contributed by atoms with E-state index in [0.29, 0.717) is 17.5 Å². The molecule has 0 N–H and O–H groups in total. The minimum absolute atomic E-state index is 0.0639. The van der Waals surface area contributed by atoms with Crippen molar-refractivity contribution in [1.82, 2.24) is 4.90 Å². The summed E-state index contributed by atoms with van der Waals surface area (Å²) in [5.41, 5.74) is -0.0947. The van der Waals surface area contributed by atoms with Crippen molar-refractivity contribution in [2.24, 2.45) is 0 Å². The Morgan fingerprint density at radius 2 is 1.62 bits per heavy atom. The summed E-state index contributed by atoms with van der Waals surface area (Å²) in [5, 5.41) is 0. The number of carbonyl (C=O) groups is 2. The van der Waals surface area contributed by atoms with Crippen LogP contribution in [0.2, 0.25) is 0 Å². The summed E-state index contributed by atoms with van der Waals surface area (Å²) >= 11 is 3.02. The maximum Gasteiger partial charge on any atom is 0.416 e. The molecule has 0 bridgehead atoms. The second-order valence-corrected chi connectivity index (χ2v) is 6.60. The molecule has 0 atom stereocenters. The van der Waals surface area contributed by atoms with E-state index in [4.69, 9.17) is 4.74 Å². The van der Waals surface area contributed by atoms with E-state index in [1.165, 1.54) is 6.07 Å². The largest absolute Gasteiger partial charge is 0.493 e. The highest BCUT2D eigenvalue weighted by molar-refractivity contribution is 9.10. The van der Waals surface area contributed by atoms with Crippen molar-refractivity contribution in [1.29, 1.82) is 0 Å². The lowest BCUT2D eigenvalue weighted by atomic mass is 10.1. The maximum absolute atomic E-state index is 12.8. The second-order valence-electron chi connectivity index (χ2n) is 5.68. The predicted molar refractivity (Wildman–Crippen MR) is 91.1 cm³/mol. The first-order valence-electron chi connectivity index (χ1n) is 7.73. The summed E-state index contributed by atoms with van der Waals surface area (Å²) < 4.78 is 44.0. The molecule has 0 saturated carbocycles. The molecule has 136 valence electrons. The first kappa shape index (κ1) is 18.4. The van der Waals surface area contributed by atoms with Gasteiger partial charge in [0.25, 0.3) is 11.8 Å². The van der Waals surface area contributed by atoms with Crippen molar-refractivity contribution >= 4 is 27.7 Å². The number of amides is 2. The maximum atomic E-state index is 12.8. The van der Waals surface area contributed by atoms with Gasteiger partial charge in [0.1, 0.15) is 5.75 Å². The van der Waals surface area contributed by atoms with Crippen molar-refractivity contribution < 1.29 is 27.5 Å². The number of fused-ring (bicyclic) bond motifs is 1. The summed E-state index contributed by atoms with van der Waals surface area (Å²) in [6.07, 6.45) is -4.17. The first-order valence-corrected chi connectivity index (χ1v) is 8.52. The zero-order valence-electron chi connectivity index (χ0n) is 13.3. The van der Waals surface area contributed by atoms with Crippen molar-refractivity contribution in [2.45, 2.75) is 12.6 Å². The molecule has 0 saturated heterocycles. The smallest absolute Gasteiger partial charge is 0.416 e. The van der Waals surface area contributed by atoms with Gasteiger partial charge in [0.15, 0.2) is 0 Å². The van der Waals surface area contributed by atoms with Crippen LogP contribution in [0.25, 0.3) is 0 Å². The fourth-order valence-electron chi connectivity index (χ4n) is 2.66. The molecule has 2 aromatic carbocycles. The molecule has 1 aliphatic rings. The molecule has 4 nitrogen and oxygen atoms in total. The molecular formula is C18H13BrF3NO3. The third-order valence-electron chi connectivity index (χ3n) is 3.87. The van der Waals surface area contributed by atoms with E-state index in [-0.39, 0.29) is 35.2 Å². The Morgan fingerprint density at radius 1 is 1.00 bits per heavy atom. The van der Waals surface area contributed by atoms with Gasteiger partial charge in [-0.05, 0) is 36.8 Å². The third kappa shape index (κ3) is 3.75. The number of ether oxygens (including phenoxy) is 1. The number of alkyl halides is 3. The summed E-state index contributed by atoms with van der Waals surface area (Å²) in [5.74, 6) is -0.672. The van der Waals surface area contributed by atoms with Gasteiger partial charge in [-0.15, -0.1) is 0 Å². The third-order valence-corrected chi connectivity index (χ3v) is 4.33. The Labute approximate surface area is 155 Å². The Bertz CT molecular complexity index is 832. The van der Waals surface area contributed by atoms with Crippen LogP contribution in [0, 0.1) is 0 Å². The SMILES string of the molecule is O=C1c2ccccc2C(=O)N1CCCOc1cc(Br)cc(C(F)(F)F)c1. The predicted octanol–water partition coefficient (Wildman–Crippen LogP) is 4.53. The van der Waals surface area contributed by atoms with Crippen LogP contribution in [0.3, 0.4) is 0 Å². The number of hydrogen-bond acceptors (Lipinski definition) is 3. The summed E-state index contributed by atoms with van der Waals surface area (Å²) in [7, 11) is 0. The minimum Gasteiger partial charge on any atom is -0.493 e. The Kier molecular flexibility index (Phi) is 5.04. The number of halogens is 4. The number of rotatable bonds is 5. The van der Waals surface area contributed by atoms with Crippen LogP contribution < -0.4 is 4.74 Å². The van der Waals surface area contributed by atoms with Crippen LogP contribution >= 0.6 is 15.9 Å². The fraction of sp³-hybridized carbons (Fsp3) is 0.222. The average molecular weight is 428 g/mol. The van der Waals surface area contributed by atoms with Crippen LogP contribution in [0.4, 0.5) is 13.2 Å². The standard InChI is InChI=1S/C18H13BrF3NO3/c19-12-8-11(18(20,21)22)9-13(10-12)26-7-3-6-23-16(24)14-4-1-2-5-15(14)17(23)25/h1-2,4-5,8-10H,3,6-7H2. The van der Waals surface area contributed by atoms with Gasteiger partial charge in [0.2, 0.25) is 0 Å². The van der Waals surface area contributed by atoms with Gasteiger partial charge >= 0.3 is 6.18 Å². The van der Waals surface area contributed by atoms with Gasteiger partial charge in [0.05, 0.1) is 23.3 Å². The zero-order valence-corrected chi connectivity index (χ0v) is 14.9. The van der Waals surface area contributed by atoms with Gasteiger partial charge in [0, 0.05) is 11.0 Å². The molecule has 0 spiro atoms. The van der Waals surface area contributed by atoms with E-state index in [0.717, 1.165) is 17.0 Å². The van der Waals surface area contributed by atoms with Crippen LogP contribution in [0.1, 0.15) is 32.7 Å². The lowest BCUT2D eigenvalue weighted by molar-refractivity contribution is -0.137.